The van der Waals surface area contributed by atoms with Gasteiger partial charge in [0.2, 0.25) is 5.95 Å². The Labute approximate surface area is 109 Å². The topological polar surface area (TPSA) is 50.3 Å². The van der Waals surface area contributed by atoms with Crippen molar-refractivity contribution in [2.24, 2.45) is 0 Å². The van der Waals surface area contributed by atoms with Gasteiger partial charge in [-0.3, -0.25) is 0 Å². The van der Waals surface area contributed by atoms with E-state index in [2.05, 4.69) is 34.2 Å². The molecule has 18 heavy (non-hydrogen) atoms. The van der Waals surface area contributed by atoms with Gasteiger partial charge in [-0.05, 0) is 33.9 Å². The zero-order chi connectivity index (χ0) is 13.1. The van der Waals surface area contributed by atoms with Crippen molar-refractivity contribution in [2.45, 2.75) is 32.9 Å². The molecule has 0 radical (unpaired) electrons. The molecule has 2 heterocycles. The molecule has 1 fully saturated rings. The van der Waals surface area contributed by atoms with E-state index in [4.69, 9.17) is 4.74 Å². The molecule has 1 aliphatic heterocycles. The Kier molecular flexibility index (Phi) is 4.14. The summed E-state index contributed by atoms with van der Waals surface area (Å²) >= 11 is 0. The van der Waals surface area contributed by atoms with E-state index in [-0.39, 0.29) is 12.1 Å². The molecule has 2 atom stereocenters. The van der Waals surface area contributed by atoms with Gasteiger partial charge in [-0.1, -0.05) is 0 Å². The van der Waals surface area contributed by atoms with Crippen LogP contribution in [-0.4, -0.2) is 53.8 Å². The fourth-order valence-electron chi connectivity index (χ4n) is 2.20. The first kappa shape index (κ1) is 13.2. The standard InChI is InChI=1S/C13H22N4O/c1-9-7-10(2)15-13(14-9)16-11(3)12-8-17(4)5-6-18-12/h7,11-12H,5-6,8H2,1-4H3,(H,14,15,16). The number of ether oxygens (including phenoxy) is 1. The number of aromatic nitrogens is 2. The van der Waals surface area contributed by atoms with Crippen LogP contribution in [0.5, 0.6) is 0 Å². The van der Waals surface area contributed by atoms with Crippen molar-refractivity contribution in [1.29, 1.82) is 0 Å². The normalized spacial score (nSPS) is 22.8. The highest BCUT2D eigenvalue weighted by Crippen LogP contribution is 2.12. The summed E-state index contributed by atoms with van der Waals surface area (Å²) in [6, 6.07) is 2.18. The molecule has 0 saturated carbocycles. The summed E-state index contributed by atoms with van der Waals surface area (Å²) in [6.07, 6.45) is 0.188. The summed E-state index contributed by atoms with van der Waals surface area (Å²) in [5, 5.41) is 3.34. The van der Waals surface area contributed by atoms with E-state index in [0.29, 0.717) is 5.95 Å². The van der Waals surface area contributed by atoms with Crippen LogP contribution in [0.25, 0.3) is 0 Å². The number of aryl methyl sites for hydroxylation is 2. The van der Waals surface area contributed by atoms with Crippen molar-refractivity contribution < 1.29 is 4.74 Å². The third-order valence-corrected chi connectivity index (χ3v) is 3.19. The molecule has 0 aromatic carbocycles. The Morgan fingerprint density at radius 3 is 2.67 bits per heavy atom. The van der Waals surface area contributed by atoms with Gasteiger partial charge >= 0.3 is 0 Å². The van der Waals surface area contributed by atoms with Gasteiger partial charge in [0.25, 0.3) is 0 Å². The lowest BCUT2D eigenvalue weighted by Gasteiger charge is -2.34. The fraction of sp³-hybridized carbons (Fsp3) is 0.692. The van der Waals surface area contributed by atoms with Crippen molar-refractivity contribution in [3.63, 3.8) is 0 Å². The highest BCUT2D eigenvalue weighted by Gasteiger charge is 2.24. The van der Waals surface area contributed by atoms with Gasteiger partial charge in [0.15, 0.2) is 0 Å². The van der Waals surface area contributed by atoms with Gasteiger partial charge in [0.1, 0.15) is 0 Å². The Bertz CT molecular complexity index is 390. The van der Waals surface area contributed by atoms with Crippen molar-refractivity contribution in [3.05, 3.63) is 17.5 Å². The molecule has 2 rings (SSSR count). The first-order valence-electron chi connectivity index (χ1n) is 6.43. The van der Waals surface area contributed by atoms with Crippen LogP contribution >= 0.6 is 0 Å². The molecular weight excluding hydrogens is 228 g/mol. The summed E-state index contributed by atoms with van der Waals surface area (Å²) in [6.45, 7) is 8.82. The average Bonchev–Trinajstić information content (AvgIpc) is 2.27. The lowest BCUT2D eigenvalue weighted by molar-refractivity contribution is -0.0260. The van der Waals surface area contributed by atoms with Gasteiger partial charge in [0, 0.05) is 24.5 Å². The number of nitrogens with one attached hydrogen (secondary N) is 1. The fourth-order valence-corrected chi connectivity index (χ4v) is 2.20. The smallest absolute Gasteiger partial charge is 0.223 e. The SMILES string of the molecule is Cc1cc(C)nc(NC(C)C2CN(C)CCO2)n1. The van der Waals surface area contributed by atoms with Crippen LogP contribution in [0.2, 0.25) is 0 Å². The molecule has 0 bridgehead atoms. The van der Waals surface area contributed by atoms with Gasteiger partial charge in [-0.15, -0.1) is 0 Å². The second-order valence-electron chi connectivity index (χ2n) is 5.08. The van der Waals surface area contributed by atoms with E-state index in [0.717, 1.165) is 31.1 Å². The van der Waals surface area contributed by atoms with E-state index >= 15 is 0 Å². The van der Waals surface area contributed by atoms with E-state index in [1.54, 1.807) is 0 Å². The molecule has 0 amide bonds. The van der Waals surface area contributed by atoms with Crippen LogP contribution in [0.15, 0.2) is 6.07 Å². The monoisotopic (exact) mass is 250 g/mol. The first-order chi connectivity index (χ1) is 8.54. The molecule has 1 aromatic heterocycles. The number of nitrogens with zero attached hydrogens (tertiary/aromatic N) is 3. The Morgan fingerprint density at radius 1 is 1.39 bits per heavy atom. The predicted molar refractivity (Wildman–Crippen MR) is 71.8 cm³/mol. The molecule has 2 unspecified atom stereocenters. The van der Waals surface area contributed by atoms with Gasteiger partial charge in [-0.25, -0.2) is 9.97 Å². The van der Waals surface area contributed by atoms with Crippen LogP contribution < -0.4 is 5.32 Å². The molecule has 1 aliphatic rings. The highest BCUT2D eigenvalue weighted by atomic mass is 16.5. The third-order valence-electron chi connectivity index (χ3n) is 3.19. The Morgan fingerprint density at radius 2 is 2.06 bits per heavy atom. The predicted octanol–water partition coefficient (Wildman–Crippen LogP) is 1.22. The molecule has 5 nitrogen and oxygen atoms in total. The van der Waals surface area contributed by atoms with Crippen molar-refractivity contribution in [3.8, 4) is 0 Å². The molecule has 1 saturated heterocycles. The van der Waals surface area contributed by atoms with Crippen molar-refractivity contribution in [2.75, 3.05) is 32.1 Å². The summed E-state index contributed by atoms with van der Waals surface area (Å²) < 4.78 is 5.78. The van der Waals surface area contributed by atoms with Crippen LogP contribution in [0, 0.1) is 13.8 Å². The first-order valence-corrected chi connectivity index (χ1v) is 6.43. The zero-order valence-electron chi connectivity index (χ0n) is 11.6. The second kappa shape index (κ2) is 5.63. The maximum absolute atomic E-state index is 5.78. The summed E-state index contributed by atoms with van der Waals surface area (Å²) in [5.41, 5.74) is 1.97. The van der Waals surface area contributed by atoms with Gasteiger partial charge in [-0.2, -0.15) is 0 Å². The van der Waals surface area contributed by atoms with Gasteiger partial charge < -0.3 is 15.0 Å². The summed E-state index contributed by atoms with van der Waals surface area (Å²) in [5.74, 6) is 0.692. The van der Waals surface area contributed by atoms with Crippen LogP contribution in [0.4, 0.5) is 5.95 Å². The average molecular weight is 250 g/mol. The Balaban J connectivity index is 1.99. The summed E-state index contributed by atoms with van der Waals surface area (Å²) in [4.78, 5) is 11.1. The van der Waals surface area contributed by atoms with Crippen LogP contribution in [0.1, 0.15) is 18.3 Å². The van der Waals surface area contributed by atoms with E-state index < -0.39 is 0 Å². The van der Waals surface area contributed by atoms with Crippen LogP contribution in [-0.2, 0) is 4.74 Å². The van der Waals surface area contributed by atoms with E-state index in [1.165, 1.54) is 0 Å². The lowest BCUT2D eigenvalue weighted by atomic mass is 10.1. The second-order valence-corrected chi connectivity index (χ2v) is 5.08. The molecular formula is C13H22N4O. The molecule has 1 aromatic rings. The maximum Gasteiger partial charge on any atom is 0.223 e. The van der Waals surface area contributed by atoms with Crippen LogP contribution in [0.3, 0.4) is 0 Å². The number of likely N-dealkylation sites (N-methyl/N-ethyl adjacent to an activating group) is 1. The molecule has 1 N–H and O–H groups in total. The number of morpholine rings is 1. The third kappa shape index (κ3) is 3.40. The number of anilines is 1. The molecule has 0 aliphatic carbocycles. The zero-order valence-corrected chi connectivity index (χ0v) is 11.6. The Hall–Kier alpha value is -1.20. The molecule has 0 spiro atoms. The minimum absolute atomic E-state index is 0.188. The number of hydrogen-bond donors (Lipinski definition) is 1. The summed E-state index contributed by atoms with van der Waals surface area (Å²) in [7, 11) is 2.12. The lowest BCUT2D eigenvalue weighted by Crippen LogP contribution is -2.47. The quantitative estimate of drug-likeness (QED) is 0.874. The molecule has 100 valence electrons. The number of hydrogen-bond acceptors (Lipinski definition) is 5. The van der Waals surface area contributed by atoms with Gasteiger partial charge in [0.05, 0.1) is 18.8 Å². The largest absolute Gasteiger partial charge is 0.373 e. The highest BCUT2D eigenvalue weighted by molar-refractivity contribution is 5.29. The molecule has 5 heteroatoms. The maximum atomic E-state index is 5.78. The van der Waals surface area contributed by atoms with E-state index in [9.17, 15) is 0 Å². The minimum Gasteiger partial charge on any atom is -0.373 e. The minimum atomic E-state index is 0.188. The van der Waals surface area contributed by atoms with E-state index in [1.807, 2.05) is 19.9 Å². The van der Waals surface area contributed by atoms with Crippen molar-refractivity contribution >= 4 is 5.95 Å². The number of rotatable bonds is 3. The van der Waals surface area contributed by atoms with Crippen molar-refractivity contribution in [1.82, 2.24) is 14.9 Å².